The van der Waals surface area contributed by atoms with E-state index in [1.807, 2.05) is 0 Å². The van der Waals surface area contributed by atoms with Gasteiger partial charge < -0.3 is 20.4 Å². The Bertz CT molecular complexity index is 189. The van der Waals surface area contributed by atoms with Crippen LogP contribution in [0.2, 0.25) is 0 Å². The summed E-state index contributed by atoms with van der Waals surface area (Å²) in [5, 5.41) is 7.06. The predicted octanol–water partition coefficient (Wildman–Crippen LogP) is 1.38. The van der Waals surface area contributed by atoms with Crippen molar-refractivity contribution in [3.8, 4) is 0 Å². The molecule has 0 aromatic carbocycles. The molecule has 0 aromatic rings. The Hall–Kier alpha value is -0.160. The quantitative estimate of drug-likeness (QED) is 0.817. The van der Waals surface area contributed by atoms with Crippen LogP contribution in [0.15, 0.2) is 0 Å². The lowest BCUT2D eigenvalue weighted by molar-refractivity contribution is 0.199. The average Bonchev–Trinajstić information content (AvgIpc) is 2.45. The van der Waals surface area contributed by atoms with Crippen LogP contribution in [0.1, 0.15) is 39.5 Å². The second-order valence-corrected chi connectivity index (χ2v) is 5.89. The third-order valence-electron chi connectivity index (χ3n) is 3.95. The lowest BCUT2D eigenvalue weighted by Crippen LogP contribution is -2.39. The molecule has 0 amide bonds. The molecule has 0 saturated carbocycles. The molecule has 0 aromatic heterocycles. The highest BCUT2D eigenvalue weighted by Crippen LogP contribution is 1.99. The Morgan fingerprint density at radius 2 is 1.10 bits per heavy atom. The van der Waals surface area contributed by atoms with Crippen LogP contribution in [0.3, 0.4) is 0 Å². The second kappa shape index (κ2) is 12.6. The Labute approximate surface area is 126 Å². The minimum Gasteiger partial charge on any atom is -0.315 e. The molecule has 1 rings (SSSR count). The Kier molecular flexibility index (Phi) is 11.2. The van der Waals surface area contributed by atoms with Gasteiger partial charge in [-0.05, 0) is 65.0 Å². The zero-order chi connectivity index (χ0) is 14.5. The van der Waals surface area contributed by atoms with E-state index < -0.39 is 0 Å². The molecule has 20 heavy (non-hydrogen) atoms. The first-order chi connectivity index (χ1) is 9.86. The van der Waals surface area contributed by atoms with Gasteiger partial charge in [0.25, 0.3) is 0 Å². The van der Waals surface area contributed by atoms with E-state index in [4.69, 9.17) is 0 Å². The highest BCUT2D eigenvalue weighted by molar-refractivity contribution is 4.66. The number of nitrogens with one attached hydrogen (secondary N) is 2. The van der Waals surface area contributed by atoms with Crippen molar-refractivity contribution in [1.29, 1.82) is 0 Å². The Balaban J connectivity index is 2.39. The van der Waals surface area contributed by atoms with Gasteiger partial charge in [0.05, 0.1) is 0 Å². The summed E-state index contributed by atoms with van der Waals surface area (Å²) in [6.45, 7) is 16.6. The van der Waals surface area contributed by atoms with Crippen molar-refractivity contribution in [2.24, 2.45) is 0 Å². The number of nitrogens with zero attached hydrogens (tertiary/aromatic N) is 2. The summed E-state index contributed by atoms with van der Waals surface area (Å²) in [5.41, 5.74) is 0. The van der Waals surface area contributed by atoms with E-state index in [2.05, 4.69) is 34.3 Å². The smallest absolute Gasteiger partial charge is 0.0109 e. The Morgan fingerprint density at radius 1 is 0.650 bits per heavy atom. The number of rotatable bonds is 4. The van der Waals surface area contributed by atoms with Crippen LogP contribution in [0, 0.1) is 0 Å². The summed E-state index contributed by atoms with van der Waals surface area (Å²) >= 11 is 0. The van der Waals surface area contributed by atoms with E-state index in [1.165, 1.54) is 65.0 Å². The van der Waals surface area contributed by atoms with Gasteiger partial charge in [0.2, 0.25) is 0 Å². The molecule has 120 valence electrons. The van der Waals surface area contributed by atoms with Crippen LogP contribution in [0.5, 0.6) is 0 Å². The van der Waals surface area contributed by atoms with E-state index in [0.717, 1.165) is 26.2 Å². The van der Waals surface area contributed by atoms with Gasteiger partial charge in [-0.25, -0.2) is 0 Å². The van der Waals surface area contributed by atoms with Crippen LogP contribution in [-0.4, -0.2) is 75.2 Å². The standard InChI is InChI=1S/C16H36N4/c1-3-11-19-13-5-7-17-9-10-18-8-6-14-20(12-4-2)16-15-19/h17-18H,3-16H2,1-2H3. The molecule has 1 fully saturated rings. The molecule has 0 radical (unpaired) electrons. The van der Waals surface area contributed by atoms with E-state index in [9.17, 15) is 0 Å². The van der Waals surface area contributed by atoms with Gasteiger partial charge >= 0.3 is 0 Å². The zero-order valence-corrected chi connectivity index (χ0v) is 13.8. The first kappa shape index (κ1) is 17.9. The van der Waals surface area contributed by atoms with Crippen molar-refractivity contribution in [1.82, 2.24) is 20.4 Å². The summed E-state index contributed by atoms with van der Waals surface area (Å²) in [5.74, 6) is 0. The van der Waals surface area contributed by atoms with Gasteiger partial charge in [0, 0.05) is 26.2 Å². The van der Waals surface area contributed by atoms with Gasteiger partial charge in [0.1, 0.15) is 0 Å². The first-order valence-electron chi connectivity index (χ1n) is 8.73. The third-order valence-corrected chi connectivity index (χ3v) is 3.95. The maximum absolute atomic E-state index is 3.53. The van der Waals surface area contributed by atoms with Crippen molar-refractivity contribution in [3.05, 3.63) is 0 Å². The van der Waals surface area contributed by atoms with Gasteiger partial charge in [-0.3, -0.25) is 0 Å². The largest absolute Gasteiger partial charge is 0.315 e. The highest BCUT2D eigenvalue weighted by atomic mass is 15.2. The van der Waals surface area contributed by atoms with Crippen molar-refractivity contribution in [3.63, 3.8) is 0 Å². The molecule has 4 nitrogen and oxygen atoms in total. The SMILES string of the molecule is CCCN1CCCNCCNCCCN(CCC)CC1. The maximum Gasteiger partial charge on any atom is 0.0109 e. The normalized spacial score (nSPS) is 22.5. The number of hydrogen-bond acceptors (Lipinski definition) is 4. The second-order valence-electron chi connectivity index (χ2n) is 5.89. The lowest BCUT2D eigenvalue weighted by atomic mass is 10.3. The molecule has 1 saturated heterocycles. The van der Waals surface area contributed by atoms with Gasteiger partial charge in [0.15, 0.2) is 0 Å². The fraction of sp³-hybridized carbons (Fsp3) is 1.00. The molecular formula is C16H36N4. The summed E-state index contributed by atoms with van der Waals surface area (Å²) in [7, 11) is 0. The third kappa shape index (κ3) is 8.90. The number of hydrogen-bond donors (Lipinski definition) is 2. The fourth-order valence-corrected chi connectivity index (χ4v) is 2.87. The van der Waals surface area contributed by atoms with E-state index in [1.54, 1.807) is 0 Å². The summed E-state index contributed by atoms with van der Waals surface area (Å²) in [6, 6.07) is 0. The molecule has 0 bridgehead atoms. The highest BCUT2D eigenvalue weighted by Gasteiger charge is 2.08. The molecule has 0 spiro atoms. The molecule has 1 heterocycles. The van der Waals surface area contributed by atoms with Crippen LogP contribution in [-0.2, 0) is 0 Å². The minimum atomic E-state index is 1.10. The summed E-state index contributed by atoms with van der Waals surface area (Å²) < 4.78 is 0. The van der Waals surface area contributed by atoms with Crippen molar-refractivity contribution in [2.75, 3.05) is 65.4 Å². The van der Waals surface area contributed by atoms with Crippen molar-refractivity contribution < 1.29 is 0 Å². The van der Waals surface area contributed by atoms with Gasteiger partial charge in [-0.1, -0.05) is 13.8 Å². The fourth-order valence-electron chi connectivity index (χ4n) is 2.87. The molecule has 0 atom stereocenters. The van der Waals surface area contributed by atoms with Crippen LogP contribution in [0.25, 0.3) is 0 Å². The van der Waals surface area contributed by atoms with Gasteiger partial charge in [-0.2, -0.15) is 0 Å². The molecule has 0 aliphatic carbocycles. The molecule has 1 aliphatic heterocycles. The Morgan fingerprint density at radius 3 is 1.50 bits per heavy atom. The lowest BCUT2D eigenvalue weighted by Gasteiger charge is -2.28. The molecule has 0 unspecified atom stereocenters. The van der Waals surface area contributed by atoms with Crippen molar-refractivity contribution >= 4 is 0 Å². The molecular weight excluding hydrogens is 248 g/mol. The topological polar surface area (TPSA) is 30.5 Å². The van der Waals surface area contributed by atoms with Crippen LogP contribution >= 0.6 is 0 Å². The predicted molar refractivity (Wildman–Crippen MR) is 88.4 cm³/mol. The van der Waals surface area contributed by atoms with Gasteiger partial charge in [-0.15, -0.1) is 0 Å². The summed E-state index contributed by atoms with van der Waals surface area (Å²) in [4.78, 5) is 5.29. The molecule has 4 heteroatoms. The van der Waals surface area contributed by atoms with E-state index >= 15 is 0 Å². The average molecular weight is 284 g/mol. The van der Waals surface area contributed by atoms with Crippen LogP contribution < -0.4 is 10.6 Å². The maximum atomic E-state index is 3.53. The molecule has 2 N–H and O–H groups in total. The van der Waals surface area contributed by atoms with E-state index in [0.29, 0.717) is 0 Å². The minimum absolute atomic E-state index is 1.10. The van der Waals surface area contributed by atoms with Crippen LogP contribution in [0.4, 0.5) is 0 Å². The summed E-state index contributed by atoms with van der Waals surface area (Å²) in [6.07, 6.45) is 5.08. The zero-order valence-electron chi connectivity index (χ0n) is 13.8. The first-order valence-corrected chi connectivity index (χ1v) is 8.73. The van der Waals surface area contributed by atoms with E-state index in [-0.39, 0.29) is 0 Å². The molecule has 1 aliphatic rings. The monoisotopic (exact) mass is 284 g/mol. The van der Waals surface area contributed by atoms with Crippen molar-refractivity contribution in [2.45, 2.75) is 39.5 Å².